The SMILES string of the molecule is CCOC(=O)N1CCN(c2cnc3[nH]cc(/C=C/C(N)=O)c3n2)CC1. The third kappa shape index (κ3) is 3.70. The van der Waals surface area contributed by atoms with Gasteiger partial charge in [-0.05, 0) is 13.0 Å². The van der Waals surface area contributed by atoms with Crippen LogP contribution in [0.5, 0.6) is 0 Å². The van der Waals surface area contributed by atoms with E-state index in [1.165, 1.54) is 6.08 Å². The lowest BCUT2D eigenvalue weighted by atomic mass is 10.2. The highest BCUT2D eigenvalue weighted by Crippen LogP contribution is 2.20. The van der Waals surface area contributed by atoms with Crippen LogP contribution >= 0.6 is 0 Å². The van der Waals surface area contributed by atoms with Gasteiger partial charge in [-0.25, -0.2) is 14.8 Å². The third-order valence-corrected chi connectivity index (χ3v) is 3.95. The zero-order valence-electron chi connectivity index (χ0n) is 13.9. The summed E-state index contributed by atoms with van der Waals surface area (Å²) < 4.78 is 5.02. The molecule has 1 aliphatic rings. The highest BCUT2D eigenvalue weighted by atomic mass is 16.6. The molecule has 0 saturated carbocycles. The molecule has 0 aliphatic carbocycles. The van der Waals surface area contributed by atoms with E-state index in [1.54, 1.807) is 30.3 Å². The monoisotopic (exact) mass is 344 g/mol. The lowest BCUT2D eigenvalue weighted by molar-refractivity contribution is -0.113. The third-order valence-electron chi connectivity index (χ3n) is 3.95. The molecular formula is C16H20N6O3. The fourth-order valence-corrected chi connectivity index (χ4v) is 2.69. The van der Waals surface area contributed by atoms with Crippen LogP contribution in [0.3, 0.4) is 0 Å². The van der Waals surface area contributed by atoms with Gasteiger partial charge in [0.15, 0.2) is 5.65 Å². The van der Waals surface area contributed by atoms with Crippen molar-refractivity contribution in [2.45, 2.75) is 6.92 Å². The summed E-state index contributed by atoms with van der Waals surface area (Å²) in [5.41, 5.74) is 7.19. The van der Waals surface area contributed by atoms with Gasteiger partial charge in [-0.2, -0.15) is 0 Å². The predicted octanol–water partition coefficient (Wildman–Crippen LogP) is 0.735. The van der Waals surface area contributed by atoms with Crippen LogP contribution in [0, 0.1) is 0 Å². The Morgan fingerprint density at radius 3 is 2.80 bits per heavy atom. The normalized spacial score (nSPS) is 15.1. The lowest BCUT2D eigenvalue weighted by Gasteiger charge is -2.34. The van der Waals surface area contributed by atoms with E-state index in [1.807, 2.05) is 0 Å². The second kappa shape index (κ2) is 7.20. The van der Waals surface area contributed by atoms with Gasteiger partial charge in [0.2, 0.25) is 5.91 Å². The van der Waals surface area contributed by atoms with Crippen molar-refractivity contribution < 1.29 is 14.3 Å². The molecule has 25 heavy (non-hydrogen) atoms. The number of aromatic amines is 1. The molecule has 0 unspecified atom stereocenters. The molecule has 2 amide bonds. The number of nitrogens with two attached hydrogens (primary N) is 1. The number of fused-ring (bicyclic) bond motifs is 1. The van der Waals surface area contributed by atoms with Crippen LogP contribution < -0.4 is 10.6 Å². The number of carbonyl (C=O) groups is 2. The molecule has 3 rings (SSSR count). The summed E-state index contributed by atoms with van der Waals surface area (Å²) in [5.74, 6) is 0.206. The van der Waals surface area contributed by atoms with Crippen molar-refractivity contribution in [1.82, 2.24) is 19.9 Å². The molecule has 3 heterocycles. The smallest absolute Gasteiger partial charge is 0.409 e. The summed E-state index contributed by atoms with van der Waals surface area (Å²) in [5, 5.41) is 0. The summed E-state index contributed by atoms with van der Waals surface area (Å²) in [6.07, 6.45) is 6.04. The van der Waals surface area contributed by atoms with E-state index in [0.29, 0.717) is 43.9 Å². The highest BCUT2D eigenvalue weighted by molar-refractivity contribution is 5.93. The maximum atomic E-state index is 11.8. The molecule has 2 aromatic heterocycles. The van der Waals surface area contributed by atoms with E-state index in [0.717, 1.165) is 11.4 Å². The molecular weight excluding hydrogens is 324 g/mol. The quantitative estimate of drug-likeness (QED) is 0.790. The highest BCUT2D eigenvalue weighted by Gasteiger charge is 2.23. The van der Waals surface area contributed by atoms with Gasteiger partial charge in [0.05, 0.1) is 12.8 Å². The van der Waals surface area contributed by atoms with Crippen LogP contribution in [0.25, 0.3) is 17.2 Å². The first-order valence-corrected chi connectivity index (χ1v) is 8.06. The lowest BCUT2D eigenvalue weighted by Crippen LogP contribution is -2.49. The predicted molar refractivity (Wildman–Crippen MR) is 92.9 cm³/mol. The van der Waals surface area contributed by atoms with Crippen LogP contribution in [0.1, 0.15) is 12.5 Å². The molecule has 2 aromatic rings. The summed E-state index contributed by atoms with van der Waals surface area (Å²) in [7, 11) is 0. The van der Waals surface area contributed by atoms with E-state index in [9.17, 15) is 9.59 Å². The van der Waals surface area contributed by atoms with Gasteiger partial charge in [-0.3, -0.25) is 4.79 Å². The van der Waals surface area contributed by atoms with Crippen molar-refractivity contribution in [1.29, 1.82) is 0 Å². The number of nitrogens with one attached hydrogen (secondary N) is 1. The van der Waals surface area contributed by atoms with Gasteiger partial charge in [-0.15, -0.1) is 0 Å². The van der Waals surface area contributed by atoms with E-state index in [-0.39, 0.29) is 6.09 Å². The average Bonchev–Trinajstić information content (AvgIpc) is 3.02. The van der Waals surface area contributed by atoms with Crippen LogP contribution in [0.2, 0.25) is 0 Å². The molecule has 0 aromatic carbocycles. The molecule has 0 radical (unpaired) electrons. The van der Waals surface area contributed by atoms with Gasteiger partial charge in [-0.1, -0.05) is 0 Å². The van der Waals surface area contributed by atoms with Crippen LogP contribution in [0.15, 0.2) is 18.5 Å². The Morgan fingerprint density at radius 2 is 2.12 bits per heavy atom. The van der Waals surface area contributed by atoms with Gasteiger partial charge in [0, 0.05) is 44.0 Å². The number of anilines is 1. The number of ether oxygens (including phenoxy) is 1. The number of hydrogen-bond donors (Lipinski definition) is 2. The number of amides is 2. The molecule has 9 nitrogen and oxygen atoms in total. The van der Waals surface area contributed by atoms with Crippen molar-refractivity contribution in [3.63, 3.8) is 0 Å². The number of primary amides is 1. The van der Waals surface area contributed by atoms with E-state index in [2.05, 4.69) is 19.9 Å². The van der Waals surface area contributed by atoms with Crippen molar-refractivity contribution in [3.05, 3.63) is 24.0 Å². The Balaban J connectivity index is 1.75. The molecule has 0 bridgehead atoms. The summed E-state index contributed by atoms with van der Waals surface area (Å²) in [6.45, 7) is 4.60. The Bertz CT molecular complexity index is 807. The Labute approximate surface area is 144 Å². The number of H-pyrrole nitrogens is 1. The number of hydrogen-bond acceptors (Lipinski definition) is 6. The van der Waals surface area contributed by atoms with E-state index >= 15 is 0 Å². The van der Waals surface area contributed by atoms with Gasteiger partial charge in [0.25, 0.3) is 0 Å². The van der Waals surface area contributed by atoms with Crippen molar-refractivity contribution in [2.75, 3.05) is 37.7 Å². The minimum absolute atomic E-state index is 0.284. The largest absolute Gasteiger partial charge is 0.450 e. The molecule has 1 fully saturated rings. The van der Waals surface area contributed by atoms with Crippen LogP contribution in [0.4, 0.5) is 10.6 Å². The van der Waals surface area contributed by atoms with Gasteiger partial charge >= 0.3 is 6.09 Å². The van der Waals surface area contributed by atoms with Crippen molar-refractivity contribution in [3.8, 4) is 0 Å². The molecule has 3 N–H and O–H groups in total. The van der Waals surface area contributed by atoms with E-state index < -0.39 is 5.91 Å². The molecule has 132 valence electrons. The fraction of sp³-hybridized carbons (Fsp3) is 0.375. The zero-order chi connectivity index (χ0) is 17.8. The molecule has 0 atom stereocenters. The standard InChI is InChI=1S/C16H20N6O3/c1-2-25-16(24)22-7-5-21(6-8-22)13-10-19-15-14(20-13)11(9-18-15)3-4-12(17)23/h3-4,9-10H,2,5-8H2,1H3,(H2,17,23)(H,18,19)/b4-3+. The topological polar surface area (TPSA) is 117 Å². The summed E-state index contributed by atoms with van der Waals surface area (Å²) in [6, 6.07) is 0. The first-order chi connectivity index (χ1) is 12.1. The number of aromatic nitrogens is 3. The molecule has 1 saturated heterocycles. The zero-order valence-corrected chi connectivity index (χ0v) is 13.9. The number of piperazine rings is 1. The van der Waals surface area contributed by atoms with Gasteiger partial charge in [0.1, 0.15) is 11.3 Å². The van der Waals surface area contributed by atoms with E-state index in [4.69, 9.17) is 10.5 Å². The summed E-state index contributed by atoms with van der Waals surface area (Å²) in [4.78, 5) is 38.4. The minimum atomic E-state index is -0.520. The number of nitrogens with zero attached hydrogens (tertiary/aromatic N) is 4. The average molecular weight is 344 g/mol. The van der Waals surface area contributed by atoms with Crippen molar-refractivity contribution in [2.24, 2.45) is 5.73 Å². The van der Waals surface area contributed by atoms with Crippen molar-refractivity contribution >= 4 is 35.1 Å². The Morgan fingerprint density at radius 1 is 1.36 bits per heavy atom. The second-order valence-corrected chi connectivity index (χ2v) is 5.58. The number of carbonyl (C=O) groups excluding carboxylic acids is 2. The van der Waals surface area contributed by atoms with Crippen LogP contribution in [-0.2, 0) is 9.53 Å². The van der Waals surface area contributed by atoms with Gasteiger partial charge < -0.3 is 25.3 Å². The molecule has 9 heteroatoms. The maximum Gasteiger partial charge on any atom is 0.409 e. The minimum Gasteiger partial charge on any atom is -0.450 e. The number of rotatable bonds is 4. The summed E-state index contributed by atoms with van der Waals surface area (Å²) >= 11 is 0. The molecule has 1 aliphatic heterocycles. The molecule has 0 spiro atoms. The first-order valence-electron chi connectivity index (χ1n) is 8.06. The second-order valence-electron chi connectivity index (χ2n) is 5.58. The van der Waals surface area contributed by atoms with Crippen LogP contribution in [-0.4, -0.2) is 64.6 Å². The first kappa shape index (κ1) is 16.7. The fourth-order valence-electron chi connectivity index (χ4n) is 2.69. The Kier molecular flexibility index (Phi) is 4.82. The maximum absolute atomic E-state index is 11.8. The Hall–Kier alpha value is -3.10.